The van der Waals surface area contributed by atoms with Gasteiger partial charge in [0.1, 0.15) is 0 Å². The van der Waals surface area contributed by atoms with Crippen LogP contribution in [0.4, 0.5) is 13.2 Å². The fourth-order valence-corrected chi connectivity index (χ4v) is 2.40. The molecule has 5 heteroatoms. The molecule has 106 valence electrons. The van der Waals surface area contributed by atoms with Crippen LogP contribution in [0.15, 0.2) is 24.3 Å². The molecule has 0 saturated carbocycles. The summed E-state index contributed by atoms with van der Waals surface area (Å²) in [4.78, 5) is 2.22. The lowest BCUT2D eigenvalue weighted by Gasteiger charge is -2.37. The summed E-state index contributed by atoms with van der Waals surface area (Å²) < 4.78 is 38.0. The summed E-state index contributed by atoms with van der Waals surface area (Å²) in [6, 6.07) is 6.32. The van der Waals surface area contributed by atoms with E-state index in [4.69, 9.17) is 0 Å². The fourth-order valence-electron chi connectivity index (χ4n) is 2.40. The van der Waals surface area contributed by atoms with E-state index in [1.807, 2.05) is 0 Å². The summed E-state index contributed by atoms with van der Waals surface area (Å²) >= 11 is 0. The van der Waals surface area contributed by atoms with E-state index >= 15 is 0 Å². The highest BCUT2D eigenvalue weighted by molar-refractivity contribution is 5.25. The Morgan fingerprint density at radius 3 is 2.74 bits per heavy atom. The maximum Gasteiger partial charge on any atom is 0.416 e. The van der Waals surface area contributed by atoms with Gasteiger partial charge in [-0.2, -0.15) is 13.2 Å². The van der Waals surface area contributed by atoms with Crippen molar-refractivity contribution >= 4 is 0 Å². The summed E-state index contributed by atoms with van der Waals surface area (Å²) in [5.74, 6) is 0. The van der Waals surface area contributed by atoms with E-state index in [2.05, 4.69) is 24.1 Å². The molecular weight excluding hydrogens is 253 g/mol. The first kappa shape index (κ1) is 14.3. The van der Waals surface area contributed by atoms with E-state index in [9.17, 15) is 13.2 Å². The summed E-state index contributed by atoms with van der Waals surface area (Å²) in [6.07, 6.45) is -4.27. The van der Waals surface area contributed by atoms with Crippen molar-refractivity contribution in [2.45, 2.75) is 38.7 Å². The monoisotopic (exact) mass is 272 g/mol. The number of nitrogens with zero attached hydrogens (tertiary/aromatic N) is 1. The smallest absolute Gasteiger partial charge is 0.311 e. The second-order valence-electron chi connectivity index (χ2n) is 5.29. The Labute approximate surface area is 111 Å². The first-order chi connectivity index (χ1) is 8.86. The van der Waals surface area contributed by atoms with Gasteiger partial charge >= 0.3 is 6.18 Å². The normalized spacial score (nSPS) is 25.5. The summed E-state index contributed by atoms with van der Waals surface area (Å²) in [7, 11) is 0. The number of hydrogen-bond acceptors (Lipinski definition) is 2. The predicted octanol–water partition coefficient (Wildman–Crippen LogP) is 2.89. The van der Waals surface area contributed by atoms with Crippen molar-refractivity contribution in [1.82, 2.24) is 10.2 Å². The van der Waals surface area contributed by atoms with Crippen molar-refractivity contribution in [2.75, 3.05) is 13.1 Å². The van der Waals surface area contributed by atoms with E-state index in [1.165, 1.54) is 12.1 Å². The molecule has 0 amide bonds. The van der Waals surface area contributed by atoms with Gasteiger partial charge in [0, 0.05) is 31.7 Å². The van der Waals surface area contributed by atoms with Crippen LogP contribution in [0, 0.1) is 0 Å². The summed E-state index contributed by atoms with van der Waals surface area (Å²) in [5, 5.41) is 3.36. The zero-order valence-corrected chi connectivity index (χ0v) is 11.2. The van der Waals surface area contributed by atoms with Crippen molar-refractivity contribution in [3.05, 3.63) is 35.4 Å². The Kier molecular flexibility index (Phi) is 4.16. The molecule has 1 aromatic rings. The molecule has 0 aliphatic carbocycles. The number of hydrogen-bond donors (Lipinski definition) is 1. The third-order valence-corrected chi connectivity index (χ3v) is 3.53. The molecule has 1 aromatic carbocycles. The minimum Gasteiger partial charge on any atom is -0.311 e. The molecule has 0 radical (unpaired) electrons. The molecule has 0 aromatic heterocycles. The van der Waals surface area contributed by atoms with Crippen LogP contribution in [-0.2, 0) is 12.7 Å². The van der Waals surface area contributed by atoms with Crippen LogP contribution in [0.3, 0.4) is 0 Å². The van der Waals surface area contributed by atoms with Crippen LogP contribution in [0.25, 0.3) is 0 Å². The van der Waals surface area contributed by atoms with Crippen LogP contribution in [-0.4, -0.2) is 30.1 Å². The van der Waals surface area contributed by atoms with Gasteiger partial charge in [-0.05, 0) is 25.5 Å². The number of rotatable bonds is 2. The van der Waals surface area contributed by atoms with Gasteiger partial charge in [-0.15, -0.1) is 0 Å². The van der Waals surface area contributed by atoms with Gasteiger partial charge in [-0.3, -0.25) is 4.90 Å². The Morgan fingerprint density at radius 2 is 2.05 bits per heavy atom. The Balaban J connectivity index is 2.10. The summed E-state index contributed by atoms with van der Waals surface area (Å²) in [5.41, 5.74) is 0.150. The first-order valence-electron chi connectivity index (χ1n) is 6.50. The number of benzene rings is 1. The number of piperazine rings is 1. The average Bonchev–Trinajstić information content (AvgIpc) is 2.33. The quantitative estimate of drug-likeness (QED) is 0.890. The molecule has 1 heterocycles. The molecular formula is C14H19F3N2. The second-order valence-corrected chi connectivity index (χ2v) is 5.29. The van der Waals surface area contributed by atoms with Crippen molar-refractivity contribution in [3.8, 4) is 0 Å². The Morgan fingerprint density at radius 1 is 1.32 bits per heavy atom. The van der Waals surface area contributed by atoms with Crippen molar-refractivity contribution in [3.63, 3.8) is 0 Å². The average molecular weight is 272 g/mol. The van der Waals surface area contributed by atoms with Crippen LogP contribution >= 0.6 is 0 Å². The van der Waals surface area contributed by atoms with Crippen molar-refractivity contribution in [1.29, 1.82) is 0 Å². The number of halogens is 3. The van der Waals surface area contributed by atoms with Gasteiger partial charge in [0.2, 0.25) is 0 Å². The highest BCUT2D eigenvalue weighted by Crippen LogP contribution is 2.29. The molecule has 2 atom stereocenters. The highest BCUT2D eigenvalue weighted by Gasteiger charge is 2.30. The van der Waals surface area contributed by atoms with E-state index in [0.717, 1.165) is 24.7 Å². The lowest BCUT2D eigenvalue weighted by molar-refractivity contribution is -0.137. The lowest BCUT2D eigenvalue weighted by Crippen LogP contribution is -2.53. The van der Waals surface area contributed by atoms with E-state index in [-0.39, 0.29) is 0 Å². The Bertz CT molecular complexity index is 431. The molecule has 1 N–H and O–H groups in total. The van der Waals surface area contributed by atoms with E-state index in [0.29, 0.717) is 18.6 Å². The highest BCUT2D eigenvalue weighted by atomic mass is 19.4. The predicted molar refractivity (Wildman–Crippen MR) is 68.8 cm³/mol. The standard InChI is InChI=1S/C14H19F3N2/c1-10-8-19(11(2)7-18-10)9-12-4-3-5-13(6-12)14(15,16)17/h3-6,10-11,18H,7-9H2,1-2H3/t10-,11+/m1/s1. The SMILES string of the molecule is C[C@@H]1CN(Cc2cccc(C(F)(F)F)c2)[C@@H](C)CN1. The lowest BCUT2D eigenvalue weighted by atomic mass is 10.1. The zero-order valence-electron chi connectivity index (χ0n) is 11.2. The third-order valence-electron chi connectivity index (χ3n) is 3.53. The van der Waals surface area contributed by atoms with E-state index in [1.54, 1.807) is 6.07 Å². The largest absolute Gasteiger partial charge is 0.416 e. The van der Waals surface area contributed by atoms with Gasteiger partial charge in [-0.25, -0.2) is 0 Å². The molecule has 1 aliphatic heterocycles. The molecule has 2 nitrogen and oxygen atoms in total. The maximum absolute atomic E-state index is 12.7. The molecule has 1 fully saturated rings. The number of alkyl halides is 3. The van der Waals surface area contributed by atoms with Gasteiger partial charge in [0.05, 0.1) is 5.56 Å². The molecule has 1 aliphatic rings. The zero-order chi connectivity index (χ0) is 14.0. The third kappa shape index (κ3) is 3.70. The van der Waals surface area contributed by atoms with Crippen LogP contribution < -0.4 is 5.32 Å². The minimum absolute atomic E-state index is 0.339. The van der Waals surface area contributed by atoms with Crippen LogP contribution in [0.5, 0.6) is 0 Å². The Hall–Kier alpha value is -1.07. The van der Waals surface area contributed by atoms with Crippen LogP contribution in [0.1, 0.15) is 25.0 Å². The molecule has 0 unspecified atom stereocenters. The van der Waals surface area contributed by atoms with Gasteiger partial charge in [0.15, 0.2) is 0 Å². The topological polar surface area (TPSA) is 15.3 Å². The van der Waals surface area contributed by atoms with Crippen molar-refractivity contribution in [2.24, 2.45) is 0 Å². The fraction of sp³-hybridized carbons (Fsp3) is 0.571. The molecule has 19 heavy (non-hydrogen) atoms. The van der Waals surface area contributed by atoms with Crippen LogP contribution in [0.2, 0.25) is 0 Å². The van der Waals surface area contributed by atoms with Gasteiger partial charge in [0.25, 0.3) is 0 Å². The maximum atomic E-state index is 12.7. The second kappa shape index (κ2) is 5.51. The first-order valence-corrected chi connectivity index (χ1v) is 6.50. The molecule has 1 saturated heterocycles. The molecule has 0 bridgehead atoms. The molecule has 2 rings (SSSR count). The summed E-state index contributed by atoms with van der Waals surface area (Å²) in [6.45, 7) is 6.48. The van der Waals surface area contributed by atoms with Gasteiger partial charge < -0.3 is 5.32 Å². The van der Waals surface area contributed by atoms with Gasteiger partial charge in [-0.1, -0.05) is 18.2 Å². The van der Waals surface area contributed by atoms with Crippen molar-refractivity contribution < 1.29 is 13.2 Å². The minimum atomic E-state index is -4.27. The van der Waals surface area contributed by atoms with E-state index < -0.39 is 11.7 Å². The molecule has 0 spiro atoms. The number of nitrogens with one attached hydrogen (secondary N) is 1.